The number of hydrogen-bond donors (Lipinski definition) is 5. The number of oxime groups is 1. The molecule has 47 heavy (non-hydrogen) atoms. The molecule has 2 rings (SSSR count). The predicted octanol–water partition coefficient (Wildman–Crippen LogP) is 2.34. The Morgan fingerprint density at radius 3 is 2.11 bits per heavy atom. The van der Waals surface area contributed by atoms with E-state index in [1.807, 2.05) is 4.72 Å². The number of urea groups is 1. The van der Waals surface area contributed by atoms with Crippen LogP contribution in [-0.2, 0) is 38.9 Å². The van der Waals surface area contributed by atoms with Crippen LogP contribution in [-0.4, -0.2) is 83.8 Å². The second kappa shape index (κ2) is 14.5. The van der Waals surface area contributed by atoms with Crippen molar-refractivity contribution in [2.24, 2.45) is 11.1 Å². The highest BCUT2D eigenvalue weighted by atomic mass is 32.2. The number of ether oxygens (including phenoxy) is 2. The van der Waals surface area contributed by atoms with E-state index >= 15 is 0 Å². The van der Waals surface area contributed by atoms with E-state index in [0.717, 1.165) is 11.3 Å². The zero-order chi connectivity index (χ0) is 36.2. The van der Waals surface area contributed by atoms with E-state index in [9.17, 15) is 32.4 Å². The fourth-order valence-electron chi connectivity index (χ4n) is 3.59. The summed E-state index contributed by atoms with van der Waals surface area (Å²) in [7, 11) is -4.31. The van der Waals surface area contributed by atoms with Crippen LogP contribution in [0.2, 0.25) is 0 Å². The van der Waals surface area contributed by atoms with Gasteiger partial charge in [0.25, 0.3) is 0 Å². The fourth-order valence-corrected chi connectivity index (χ4v) is 5.04. The first kappa shape index (κ1) is 39.3. The van der Waals surface area contributed by atoms with Crippen LogP contribution in [0, 0.1) is 5.92 Å². The summed E-state index contributed by atoms with van der Waals surface area (Å²) in [4.78, 5) is 72.7. The van der Waals surface area contributed by atoms with E-state index in [4.69, 9.17) is 14.3 Å². The van der Waals surface area contributed by atoms with Crippen molar-refractivity contribution in [2.75, 3.05) is 11.9 Å². The number of nitrogens with zero attached hydrogens (tertiary/aromatic N) is 2. The Balaban J connectivity index is 2.26. The molecule has 1 aliphatic rings. The SMILES string of the molecule is CC(C)(C)NC(=O)NS(=O)(=O)NC[C@H]1NC(=O)[C@H]1CC(=O)/C(=N\OC(C)(C)C(=O)OC(C)(C)C)c1csc(NC(=O)OC(C)(C)C)n1. The van der Waals surface area contributed by atoms with E-state index in [0.29, 0.717) is 0 Å². The molecule has 2 heterocycles. The van der Waals surface area contributed by atoms with Gasteiger partial charge in [0, 0.05) is 23.9 Å². The van der Waals surface area contributed by atoms with E-state index in [1.54, 1.807) is 62.3 Å². The zero-order valence-electron chi connectivity index (χ0n) is 28.4. The van der Waals surface area contributed by atoms with Crippen LogP contribution in [0.25, 0.3) is 0 Å². The Morgan fingerprint density at radius 1 is 0.979 bits per heavy atom. The van der Waals surface area contributed by atoms with Gasteiger partial charge in [0.15, 0.2) is 16.6 Å². The number of Topliss-reactive ketones (excluding diaryl/α,β-unsaturated/α-hetero) is 1. The number of nitrogens with one attached hydrogen (secondary N) is 5. The molecule has 2 atom stereocenters. The molecule has 1 aromatic rings. The lowest BCUT2D eigenvalue weighted by Gasteiger charge is -2.36. The molecule has 1 aromatic heterocycles. The van der Waals surface area contributed by atoms with Crippen molar-refractivity contribution in [3.8, 4) is 0 Å². The van der Waals surface area contributed by atoms with Crippen LogP contribution < -0.4 is 25.4 Å². The molecular formula is C28H45N7O10S2. The topological polar surface area (TPSA) is 233 Å². The van der Waals surface area contributed by atoms with Crippen LogP contribution in [0.1, 0.15) is 88.3 Å². The second-order valence-corrected chi connectivity index (χ2v) is 16.6. The number of aromatic nitrogens is 1. The molecule has 264 valence electrons. The smallest absolute Gasteiger partial charge is 0.413 e. The number of ketones is 1. The largest absolute Gasteiger partial charge is 0.457 e. The lowest BCUT2D eigenvalue weighted by Crippen LogP contribution is -2.63. The number of β-lactam (4-membered cyclic amide) rings is 1. The van der Waals surface area contributed by atoms with Crippen molar-refractivity contribution in [3.63, 3.8) is 0 Å². The van der Waals surface area contributed by atoms with Gasteiger partial charge < -0.3 is 24.9 Å². The van der Waals surface area contributed by atoms with Gasteiger partial charge in [-0.25, -0.2) is 24.1 Å². The van der Waals surface area contributed by atoms with Crippen molar-refractivity contribution in [2.45, 2.75) is 111 Å². The third-order valence-corrected chi connectivity index (χ3v) is 7.40. The Bertz CT molecular complexity index is 1500. The highest BCUT2D eigenvalue weighted by Gasteiger charge is 2.42. The minimum Gasteiger partial charge on any atom is -0.457 e. The molecule has 0 bridgehead atoms. The standard InChI is InChI=1S/C28H45N7O10S2/c1-25(2,3)33-22(39)35-47(41,42)29-13-16-15(20(37)30-16)12-18(36)19(34-45-28(10,11)21(38)43-26(4,5)6)17-14-46-23(31-17)32-24(40)44-27(7,8)9/h14-16,29H,12-13H2,1-11H3,(H,30,37)(H,31,32,40)(H2,33,35,39)/b34-19-/t15-,16+/m0/s1. The molecule has 4 amide bonds. The summed E-state index contributed by atoms with van der Waals surface area (Å²) in [5, 5.41) is 12.9. The number of carbonyl (C=O) groups is 5. The first-order valence-electron chi connectivity index (χ1n) is 14.5. The van der Waals surface area contributed by atoms with Gasteiger partial charge in [0.05, 0.1) is 12.0 Å². The summed E-state index contributed by atoms with van der Waals surface area (Å²) >= 11 is 0.957. The van der Waals surface area contributed by atoms with Gasteiger partial charge in [0.1, 0.15) is 16.9 Å². The Hall–Kier alpha value is -3.84. The monoisotopic (exact) mass is 703 g/mol. The van der Waals surface area contributed by atoms with Gasteiger partial charge in [-0.2, -0.15) is 13.1 Å². The summed E-state index contributed by atoms with van der Waals surface area (Å²) in [5.41, 5.74) is -4.35. The van der Waals surface area contributed by atoms with Crippen LogP contribution in [0.15, 0.2) is 10.5 Å². The first-order valence-corrected chi connectivity index (χ1v) is 16.9. The quantitative estimate of drug-likeness (QED) is 0.0917. The lowest BCUT2D eigenvalue weighted by atomic mass is 9.85. The van der Waals surface area contributed by atoms with Gasteiger partial charge in [-0.1, -0.05) is 5.16 Å². The predicted molar refractivity (Wildman–Crippen MR) is 173 cm³/mol. The molecule has 0 unspecified atom stereocenters. The molecule has 1 fully saturated rings. The Labute approximate surface area is 278 Å². The molecular weight excluding hydrogens is 658 g/mol. The third kappa shape index (κ3) is 13.4. The van der Waals surface area contributed by atoms with Gasteiger partial charge in [-0.15, -0.1) is 11.3 Å². The van der Waals surface area contributed by atoms with Crippen molar-refractivity contribution >= 4 is 62.2 Å². The minimum atomic E-state index is -4.31. The van der Waals surface area contributed by atoms with Gasteiger partial charge >= 0.3 is 28.3 Å². The highest BCUT2D eigenvalue weighted by molar-refractivity contribution is 7.88. The Morgan fingerprint density at radius 2 is 1.57 bits per heavy atom. The summed E-state index contributed by atoms with van der Waals surface area (Å²) < 4.78 is 39.3. The van der Waals surface area contributed by atoms with Crippen LogP contribution >= 0.6 is 11.3 Å². The van der Waals surface area contributed by atoms with Crippen LogP contribution in [0.5, 0.6) is 0 Å². The molecule has 0 radical (unpaired) electrons. The molecule has 19 heteroatoms. The van der Waals surface area contributed by atoms with E-state index in [-0.39, 0.29) is 23.1 Å². The maximum absolute atomic E-state index is 13.6. The normalized spacial score (nSPS) is 17.5. The van der Waals surface area contributed by atoms with Gasteiger partial charge in [0.2, 0.25) is 11.5 Å². The molecule has 1 saturated heterocycles. The number of hydrogen-bond acceptors (Lipinski definition) is 13. The maximum atomic E-state index is 13.6. The summed E-state index contributed by atoms with van der Waals surface area (Å²) in [5.74, 6) is -3.01. The number of thiazole rings is 1. The van der Waals surface area contributed by atoms with Crippen molar-refractivity contribution in [1.82, 2.24) is 25.1 Å². The summed E-state index contributed by atoms with van der Waals surface area (Å²) in [6.07, 6.45) is -1.23. The van der Waals surface area contributed by atoms with E-state index in [2.05, 4.69) is 30.8 Å². The molecule has 0 spiro atoms. The van der Waals surface area contributed by atoms with Crippen molar-refractivity contribution in [3.05, 3.63) is 11.1 Å². The molecule has 0 aliphatic carbocycles. The molecule has 0 saturated carbocycles. The van der Waals surface area contributed by atoms with E-state index < -0.39 is 80.7 Å². The van der Waals surface area contributed by atoms with Crippen molar-refractivity contribution < 1.29 is 46.7 Å². The Kier molecular flexibility index (Phi) is 12.1. The average molecular weight is 704 g/mol. The number of rotatable bonds is 12. The third-order valence-electron chi connectivity index (χ3n) is 5.64. The van der Waals surface area contributed by atoms with E-state index in [1.165, 1.54) is 19.2 Å². The van der Waals surface area contributed by atoms with Crippen molar-refractivity contribution in [1.29, 1.82) is 0 Å². The average Bonchev–Trinajstić information content (AvgIpc) is 3.28. The molecule has 0 aromatic carbocycles. The second-order valence-electron chi connectivity index (χ2n) is 14.2. The first-order chi connectivity index (χ1) is 21.2. The maximum Gasteiger partial charge on any atom is 0.413 e. The lowest BCUT2D eigenvalue weighted by molar-refractivity contribution is -0.179. The zero-order valence-corrected chi connectivity index (χ0v) is 30.1. The molecule has 1 aliphatic heterocycles. The van der Waals surface area contributed by atoms with Gasteiger partial charge in [-0.3, -0.25) is 14.9 Å². The molecule has 17 nitrogen and oxygen atoms in total. The number of anilines is 1. The highest BCUT2D eigenvalue weighted by Crippen LogP contribution is 2.24. The number of amides is 4. The summed E-state index contributed by atoms with van der Waals surface area (Å²) in [6.45, 7) is 17.5. The van der Waals surface area contributed by atoms with Gasteiger partial charge in [-0.05, 0) is 76.2 Å². The van der Waals surface area contributed by atoms with Crippen LogP contribution in [0.4, 0.5) is 14.7 Å². The number of esters is 1. The molecule has 5 N–H and O–H groups in total. The fraction of sp³-hybridized carbons (Fsp3) is 0.679. The minimum absolute atomic E-state index is 0.0305. The summed E-state index contributed by atoms with van der Waals surface area (Å²) in [6, 6.07) is -1.76. The number of carbonyl (C=O) groups excluding carboxylic acids is 5. The van der Waals surface area contributed by atoms with Crippen LogP contribution in [0.3, 0.4) is 0 Å².